The smallest absolute Gasteiger partial charge is 0.278 e. The largest absolute Gasteiger partial charge is 0.290 e. The van der Waals surface area contributed by atoms with Gasteiger partial charge in [0.1, 0.15) is 5.69 Å². The normalized spacial score (nSPS) is 10.7. The standard InChI is InChI=1S/C18H13N5O/c24-17(15-12-19-10-11-20-15)22-18-21-14-8-4-5-9-16(14)23(18)13-6-2-1-3-7-13/h1-12H,(H,21,22,24). The summed E-state index contributed by atoms with van der Waals surface area (Å²) in [5.41, 5.74) is 2.87. The number of rotatable bonds is 3. The lowest BCUT2D eigenvalue weighted by atomic mass is 10.3. The minimum absolute atomic E-state index is 0.240. The fraction of sp³-hybridized carbons (Fsp3) is 0. The Balaban J connectivity index is 1.82. The Kier molecular flexibility index (Phi) is 3.47. The molecule has 116 valence electrons. The number of benzene rings is 2. The fourth-order valence-electron chi connectivity index (χ4n) is 2.53. The van der Waals surface area contributed by atoms with Crippen LogP contribution in [0.2, 0.25) is 0 Å². The number of carbonyl (C=O) groups excluding carboxylic acids is 1. The molecule has 0 bridgehead atoms. The molecule has 0 aliphatic heterocycles. The van der Waals surface area contributed by atoms with Crippen LogP contribution >= 0.6 is 0 Å². The molecule has 0 fully saturated rings. The maximum atomic E-state index is 12.4. The van der Waals surface area contributed by atoms with Crippen LogP contribution in [-0.2, 0) is 0 Å². The first-order valence-electron chi connectivity index (χ1n) is 7.43. The highest BCUT2D eigenvalue weighted by Gasteiger charge is 2.16. The van der Waals surface area contributed by atoms with Gasteiger partial charge in [-0.05, 0) is 24.3 Å². The zero-order valence-corrected chi connectivity index (χ0v) is 12.6. The van der Waals surface area contributed by atoms with Gasteiger partial charge >= 0.3 is 0 Å². The van der Waals surface area contributed by atoms with Gasteiger partial charge < -0.3 is 0 Å². The zero-order valence-electron chi connectivity index (χ0n) is 12.6. The second-order valence-electron chi connectivity index (χ2n) is 5.14. The van der Waals surface area contributed by atoms with Crippen molar-refractivity contribution >= 4 is 22.9 Å². The number of carbonyl (C=O) groups is 1. The second kappa shape index (κ2) is 5.92. The Bertz CT molecular complexity index is 996. The predicted octanol–water partition coefficient (Wildman–Crippen LogP) is 3.07. The van der Waals surface area contributed by atoms with Crippen LogP contribution < -0.4 is 5.32 Å². The first-order valence-corrected chi connectivity index (χ1v) is 7.43. The highest BCUT2D eigenvalue weighted by molar-refractivity contribution is 6.02. The number of amides is 1. The summed E-state index contributed by atoms with van der Waals surface area (Å²) in [5.74, 6) is 0.0913. The summed E-state index contributed by atoms with van der Waals surface area (Å²) in [5, 5.41) is 2.83. The average Bonchev–Trinajstić information content (AvgIpc) is 3.01. The molecule has 24 heavy (non-hydrogen) atoms. The van der Waals surface area contributed by atoms with E-state index in [0.717, 1.165) is 16.7 Å². The van der Waals surface area contributed by atoms with Crippen LogP contribution in [0.15, 0.2) is 73.2 Å². The molecule has 4 aromatic rings. The van der Waals surface area contributed by atoms with Crippen molar-refractivity contribution in [2.75, 3.05) is 5.32 Å². The van der Waals surface area contributed by atoms with E-state index in [4.69, 9.17) is 0 Å². The number of hydrogen-bond acceptors (Lipinski definition) is 4. The Hall–Kier alpha value is -3.54. The van der Waals surface area contributed by atoms with Gasteiger partial charge in [-0.15, -0.1) is 0 Å². The molecule has 0 saturated carbocycles. The Morgan fingerprint density at radius 2 is 1.75 bits per heavy atom. The third-order valence-corrected chi connectivity index (χ3v) is 3.60. The number of nitrogens with one attached hydrogen (secondary N) is 1. The van der Waals surface area contributed by atoms with Crippen molar-refractivity contribution in [1.82, 2.24) is 19.5 Å². The van der Waals surface area contributed by atoms with Crippen molar-refractivity contribution in [2.45, 2.75) is 0 Å². The van der Waals surface area contributed by atoms with Crippen molar-refractivity contribution in [3.8, 4) is 5.69 Å². The van der Waals surface area contributed by atoms with E-state index in [0.29, 0.717) is 5.95 Å². The van der Waals surface area contributed by atoms with Gasteiger partial charge in [0, 0.05) is 18.1 Å². The number of aromatic nitrogens is 4. The molecule has 6 nitrogen and oxygen atoms in total. The quantitative estimate of drug-likeness (QED) is 0.630. The van der Waals surface area contributed by atoms with Crippen LogP contribution in [0.25, 0.3) is 16.7 Å². The summed E-state index contributed by atoms with van der Waals surface area (Å²) in [7, 11) is 0. The van der Waals surface area contributed by atoms with E-state index >= 15 is 0 Å². The maximum absolute atomic E-state index is 12.4. The third kappa shape index (κ3) is 2.50. The molecule has 2 aromatic carbocycles. The fourth-order valence-corrected chi connectivity index (χ4v) is 2.53. The highest BCUT2D eigenvalue weighted by atomic mass is 16.2. The second-order valence-corrected chi connectivity index (χ2v) is 5.14. The van der Waals surface area contributed by atoms with E-state index in [1.807, 2.05) is 59.2 Å². The van der Waals surface area contributed by atoms with E-state index in [-0.39, 0.29) is 11.6 Å². The molecule has 4 rings (SSSR count). The van der Waals surface area contributed by atoms with E-state index in [1.165, 1.54) is 18.6 Å². The minimum Gasteiger partial charge on any atom is -0.290 e. The van der Waals surface area contributed by atoms with E-state index in [1.54, 1.807) is 0 Å². The van der Waals surface area contributed by atoms with Crippen molar-refractivity contribution in [3.63, 3.8) is 0 Å². The van der Waals surface area contributed by atoms with Crippen molar-refractivity contribution in [2.24, 2.45) is 0 Å². The van der Waals surface area contributed by atoms with Crippen LogP contribution in [0.1, 0.15) is 10.5 Å². The first-order chi connectivity index (χ1) is 11.8. The topological polar surface area (TPSA) is 72.7 Å². The van der Waals surface area contributed by atoms with Crippen molar-refractivity contribution < 1.29 is 4.79 Å². The minimum atomic E-state index is -0.351. The van der Waals surface area contributed by atoms with Crippen LogP contribution in [0.3, 0.4) is 0 Å². The van der Waals surface area contributed by atoms with Crippen LogP contribution in [-0.4, -0.2) is 25.4 Å². The van der Waals surface area contributed by atoms with Crippen molar-refractivity contribution in [1.29, 1.82) is 0 Å². The first kappa shape index (κ1) is 14.1. The monoisotopic (exact) mass is 315 g/mol. The van der Waals surface area contributed by atoms with Gasteiger partial charge in [0.25, 0.3) is 5.91 Å². The number of imidazole rings is 1. The maximum Gasteiger partial charge on any atom is 0.278 e. The Labute approximate surface area is 137 Å². The zero-order chi connectivity index (χ0) is 16.4. The number of nitrogens with zero attached hydrogens (tertiary/aromatic N) is 4. The SMILES string of the molecule is O=C(Nc1nc2ccccc2n1-c1ccccc1)c1cnccn1. The lowest BCUT2D eigenvalue weighted by Crippen LogP contribution is -2.17. The van der Waals surface area contributed by atoms with Gasteiger partial charge in [-0.3, -0.25) is 19.7 Å². The molecule has 2 heterocycles. The number of anilines is 1. The Morgan fingerprint density at radius 1 is 0.958 bits per heavy atom. The molecule has 1 amide bonds. The Morgan fingerprint density at radius 3 is 2.54 bits per heavy atom. The molecule has 0 unspecified atom stereocenters. The lowest BCUT2D eigenvalue weighted by Gasteiger charge is -2.09. The van der Waals surface area contributed by atoms with E-state index < -0.39 is 0 Å². The summed E-state index contributed by atoms with van der Waals surface area (Å²) in [4.78, 5) is 24.9. The molecule has 0 aliphatic rings. The molecule has 0 aliphatic carbocycles. The molecule has 0 atom stereocenters. The van der Waals surface area contributed by atoms with Crippen molar-refractivity contribution in [3.05, 3.63) is 78.9 Å². The average molecular weight is 315 g/mol. The number of para-hydroxylation sites is 3. The molecule has 0 spiro atoms. The highest BCUT2D eigenvalue weighted by Crippen LogP contribution is 2.24. The molecular weight excluding hydrogens is 302 g/mol. The molecule has 0 radical (unpaired) electrons. The molecule has 6 heteroatoms. The molecule has 1 N–H and O–H groups in total. The van der Waals surface area contributed by atoms with Gasteiger partial charge in [-0.25, -0.2) is 9.97 Å². The summed E-state index contributed by atoms with van der Waals surface area (Å²) in [6, 6.07) is 17.5. The van der Waals surface area contributed by atoms with Gasteiger partial charge in [-0.2, -0.15) is 0 Å². The van der Waals surface area contributed by atoms with Crippen LogP contribution in [0, 0.1) is 0 Å². The van der Waals surface area contributed by atoms with Gasteiger partial charge in [-0.1, -0.05) is 30.3 Å². The summed E-state index contributed by atoms with van der Waals surface area (Å²) in [6.45, 7) is 0. The van der Waals surface area contributed by atoms with Gasteiger partial charge in [0.15, 0.2) is 0 Å². The number of hydrogen-bond donors (Lipinski definition) is 1. The summed E-state index contributed by atoms with van der Waals surface area (Å²) >= 11 is 0. The predicted molar refractivity (Wildman–Crippen MR) is 91.1 cm³/mol. The van der Waals surface area contributed by atoms with Crippen LogP contribution in [0.5, 0.6) is 0 Å². The lowest BCUT2D eigenvalue weighted by molar-refractivity contribution is 0.102. The molecule has 2 aromatic heterocycles. The van der Waals surface area contributed by atoms with Crippen LogP contribution in [0.4, 0.5) is 5.95 Å². The van der Waals surface area contributed by atoms with Gasteiger partial charge in [0.2, 0.25) is 5.95 Å². The van der Waals surface area contributed by atoms with E-state index in [9.17, 15) is 4.79 Å². The van der Waals surface area contributed by atoms with E-state index in [2.05, 4.69) is 20.3 Å². The van der Waals surface area contributed by atoms with Gasteiger partial charge in [0.05, 0.1) is 17.2 Å². The number of fused-ring (bicyclic) bond motifs is 1. The molecule has 0 saturated heterocycles. The summed E-state index contributed by atoms with van der Waals surface area (Å²) < 4.78 is 1.91. The third-order valence-electron chi connectivity index (χ3n) is 3.60. The molecular formula is C18H13N5O. The summed E-state index contributed by atoms with van der Waals surface area (Å²) in [6.07, 6.45) is 4.43.